The highest BCUT2D eigenvalue weighted by Crippen LogP contribution is 2.35. The van der Waals surface area contributed by atoms with Gasteiger partial charge in [-0.15, -0.1) is 0 Å². The number of nitrogens with one attached hydrogen (secondary N) is 1. The topological polar surface area (TPSA) is 294 Å². The van der Waals surface area contributed by atoms with E-state index < -0.39 is 85.3 Å². The summed E-state index contributed by atoms with van der Waals surface area (Å²) in [5.74, 6) is -6.21. The summed E-state index contributed by atoms with van der Waals surface area (Å²) < 4.78 is 22.0. The van der Waals surface area contributed by atoms with Crippen LogP contribution in [0.25, 0.3) is 0 Å². The van der Waals surface area contributed by atoms with Crippen LogP contribution in [0.2, 0.25) is 0 Å². The third-order valence-electron chi connectivity index (χ3n) is 8.24. The fourth-order valence-corrected chi connectivity index (χ4v) is 5.69. The molecule has 2 aromatic rings. The van der Waals surface area contributed by atoms with E-state index in [9.17, 15) is 49.5 Å². The number of likely N-dealkylation sites (tertiary alicyclic amines) is 1. The first-order valence-corrected chi connectivity index (χ1v) is 15.7. The Hall–Kier alpha value is -5.15. The zero-order valence-electron chi connectivity index (χ0n) is 27.7. The Kier molecular flexibility index (Phi) is 12.7. The van der Waals surface area contributed by atoms with Crippen molar-refractivity contribution in [1.29, 1.82) is 0 Å². The van der Waals surface area contributed by atoms with Gasteiger partial charge in [0.05, 0.1) is 31.2 Å². The van der Waals surface area contributed by atoms with Crippen molar-refractivity contribution in [3.05, 3.63) is 47.9 Å². The van der Waals surface area contributed by atoms with E-state index in [-0.39, 0.29) is 30.5 Å². The minimum absolute atomic E-state index is 0.0486. The summed E-state index contributed by atoms with van der Waals surface area (Å²) in [6.45, 7) is 0.462. The molecule has 51 heavy (non-hydrogen) atoms. The molecule has 0 saturated carbocycles. The minimum atomic E-state index is -2.58. The van der Waals surface area contributed by atoms with Crippen molar-refractivity contribution in [2.45, 2.75) is 75.1 Å². The van der Waals surface area contributed by atoms with Crippen molar-refractivity contribution in [1.82, 2.24) is 25.1 Å². The summed E-state index contributed by atoms with van der Waals surface area (Å²) in [7, 11) is 1.45. The van der Waals surface area contributed by atoms with Crippen molar-refractivity contribution in [2.24, 2.45) is 5.73 Å². The fourth-order valence-electron chi connectivity index (χ4n) is 5.69. The molecule has 7 atom stereocenters. The normalized spacial score (nSPS) is 24.2. The second-order valence-corrected chi connectivity index (χ2v) is 12.0. The molecule has 278 valence electrons. The van der Waals surface area contributed by atoms with Gasteiger partial charge < -0.3 is 65.3 Å². The number of carboxylic acids is 1. The Labute approximate surface area is 290 Å². The van der Waals surface area contributed by atoms with Gasteiger partial charge in [-0.05, 0) is 30.5 Å². The van der Waals surface area contributed by atoms with Crippen LogP contribution in [-0.4, -0.2) is 144 Å². The van der Waals surface area contributed by atoms with E-state index in [4.69, 9.17) is 24.7 Å². The highest BCUT2D eigenvalue weighted by molar-refractivity contribution is 5.93. The summed E-state index contributed by atoms with van der Waals surface area (Å²) in [4.78, 5) is 71.7. The Morgan fingerprint density at radius 2 is 1.84 bits per heavy atom. The maximum absolute atomic E-state index is 13.0. The molecule has 2 fully saturated rings. The van der Waals surface area contributed by atoms with Gasteiger partial charge in [0.2, 0.25) is 5.91 Å². The van der Waals surface area contributed by atoms with Crippen molar-refractivity contribution in [3.8, 4) is 11.6 Å². The van der Waals surface area contributed by atoms with Gasteiger partial charge in [-0.1, -0.05) is 12.1 Å². The Balaban J connectivity index is 1.36. The second-order valence-electron chi connectivity index (χ2n) is 12.0. The Bertz CT molecular complexity index is 1580. The van der Waals surface area contributed by atoms with Crippen LogP contribution in [0.1, 0.15) is 42.2 Å². The number of hydrogen-bond donors (Lipinski definition) is 7. The van der Waals surface area contributed by atoms with E-state index in [0.29, 0.717) is 24.9 Å². The molecule has 4 amide bonds. The van der Waals surface area contributed by atoms with Crippen LogP contribution < -0.4 is 20.5 Å². The lowest BCUT2D eigenvalue weighted by molar-refractivity contribution is -0.284. The molecule has 0 aliphatic carbocycles. The summed E-state index contributed by atoms with van der Waals surface area (Å²) in [6, 6.07) is 3.92. The van der Waals surface area contributed by atoms with Crippen molar-refractivity contribution >= 4 is 30.0 Å². The molecule has 2 aliphatic heterocycles. The van der Waals surface area contributed by atoms with E-state index in [2.05, 4.69) is 15.3 Å². The maximum atomic E-state index is 13.0. The molecule has 0 bridgehead atoms. The SMILES string of the molecule is CC(=O)N[C@H]1[C@H]([C@H](O)[C@H](O)CO)O[C@@](Oc2ccc(COC(=O)N3CCC[C@@H]3CN(C)C(=O)Oc3nccnc3C(N)=O)cc2)(C(=O)O)C[C@@H]1O. The number of ether oxygens (including phenoxy) is 4. The fraction of sp³-hybridized carbons (Fsp3) is 0.516. The molecule has 0 unspecified atom stereocenters. The monoisotopic (exact) mass is 720 g/mol. The van der Waals surface area contributed by atoms with Crippen LogP contribution in [0.4, 0.5) is 9.59 Å². The largest absolute Gasteiger partial charge is 0.476 e. The Morgan fingerprint density at radius 3 is 2.47 bits per heavy atom. The van der Waals surface area contributed by atoms with Crippen molar-refractivity contribution < 1.29 is 68.5 Å². The number of likely N-dealkylation sites (N-methyl/N-ethyl adjacent to an activating group) is 1. The molecule has 2 saturated heterocycles. The molecular weight excluding hydrogens is 680 g/mol. The van der Waals surface area contributed by atoms with Crippen LogP contribution in [-0.2, 0) is 25.7 Å². The number of hydrogen-bond acceptors (Lipinski definition) is 15. The molecule has 2 aliphatic rings. The number of aliphatic hydroxyl groups is 4. The summed E-state index contributed by atoms with van der Waals surface area (Å²) in [5.41, 5.74) is 5.43. The first-order chi connectivity index (χ1) is 24.1. The quantitative estimate of drug-likeness (QED) is 0.122. The number of carbonyl (C=O) groups excluding carboxylic acids is 4. The predicted molar refractivity (Wildman–Crippen MR) is 169 cm³/mol. The molecule has 20 nitrogen and oxygen atoms in total. The zero-order chi connectivity index (χ0) is 37.5. The molecule has 1 aromatic carbocycles. The third kappa shape index (κ3) is 9.35. The van der Waals surface area contributed by atoms with Gasteiger partial charge in [-0.2, -0.15) is 0 Å². The van der Waals surface area contributed by atoms with Gasteiger partial charge in [-0.25, -0.2) is 24.4 Å². The number of amides is 4. The van der Waals surface area contributed by atoms with Gasteiger partial charge in [0.1, 0.15) is 30.7 Å². The van der Waals surface area contributed by atoms with Gasteiger partial charge in [0, 0.05) is 39.5 Å². The number of rotatable bonds is 13. The summed E-state index contributed by atoms with van der Waals surface area (Å²) in [6.07, 6.45) is -5.56. The molecule has 0 spiro atoms. The lowest BCUT2D eigenvalue weighted by atomic mass is 9.88. The number of carboxylic acid groups (broad SMARTS) is 1. The molecular formula is C31H40N6O14. The standard InChI is InChI=1S/C31H40N6O14/c1-16(39)35-22-20(40)12-31(28(44)45,51-25(22)24(42)21(41)14-38)50-19-7-5-17(6-8-19)15-48-30(47)37-11-3-4-18(37)13-36(2)29(46)49-27-23(26(32)43)33-9-10-34-27/h5-10,18,20-22,24-25,38,40-42H,3-4,11-15H2,1-2H3,(H2,32,43)(H,35,39)(H,44,45)/t18-,20+,21-,22-,24-,25-,31-/m1/s1. The predicted octanol–water partition coefficient (Wildman–Crippen LogP) is -1.66. The lowest BCUT2D eigenvalue weighted by Gasteiger charge is -2.46. The first-order valence-electron chi connectivity index (χ1n) is 15.7. The molecule has 1 aromatic heterocycles. The van der Waals surface area contributed by atoms with Gasteiger partial charge in [-0.3, -0.25) is 9.59 Å². The van der Waals surface area contributed by atoms with Crippen molar-refractivity contribution in [3.63, 3.8) is 0 Å². The van der Waals surface area contributed by atoms with Crippen LogP contribution in [0, 0.1) is 0 Å². The van der Waals surface area contributed by atoms with E-state index in [1.165, 1.54) is 53.5 Å². The zero-order valence-corrected chi connectivity index (χ0v) is 27.7. The number of carbonyl (C=O) groups is 5. The van der Waals surface area contributed by atoms with E-state index >= 15 is 0 Å². The summed E-state index contributed by atoms with van der Waals surface area (Å²) >= 11 is 0. The maximum Gasteiger partial charge on any atom is 0.416 e. The van der Waals surface area contributed by atoms with Crippen molar-refractivity contribution in [2.75, 3.05) is 26.7 Å². The molecule has 0 radical (unpaired) electrons. The minimum Gasteiger partial charge on any atom is -0.476 e. The molecule has 20 heteroatoms. The number of nitrogens with zero attached hydrogens (tertiary/aromatic N) is 4. The number of nitrogens with two attached hydrogens (primary N) is 1. The summed E-state index contributed by atoms with van der Waals surface area (Å²) in [5, 5.41) is 53.1. The highest BCUT2D eigenvalue weighted by Gasteiger charge is 2.56. The number of aliphatic hydroxyl groups excluding tert-OH is 4. The van der Waals surface area contributed by atoms with Gasteiger partial charge >= 0.3 is 23.9 Å². The van der Waals surface area contributed by atoms with Gasteiger partial charge in [0.15, 0.2) is 5.69 Å². The molecule has 3 heterocycles. The van der Waals surface area contributed by atoms with Gasteiger partial charge in [0.25, 0.3) is 11.8 Å². The number of aromatic nitrogens is 2. The van der Waals surface area contributed by atoms with E-state index in [0.717, 1.165) is 6.92 Å². The number of benzene rings is 1. The van der Waals surface area contributed by atoms with E-state index in [1.807, 2.05) is 0 Å². The number of aliphatic carboxylic acids is 1. The van der Waals surface area contributed by atoms with Crippen LogP contribution in [0.5, 0.6) is 11.6 Å². The van der Waals surface area contributed by atoms with Crippen LogP contribution >= 0.6 is 0 Å². The van der Waals surface area contributed by atoms with Crippen LogP contribution in [0.3, 0.4) is 0 Å². The average molecular weight is 721 g/mol. The lowest BCUT2D eigenvalue weighted by Crippen LogP contribution is -2.68. The first kappa shape index (κ1) is 38.6. The molecule has 4 rings (SSSR count). The van der Waals surface area contributed by atoms with E-state index in [1.54, 1.807) is 0 Å². The highest BCUT2D eigenvalue weighted by atomic mass is 16.7. The number of primary amides is 1. The average Bonchev–Trinajstić information content (AvgIpc) is 3.56. The Morgan fingerprint density at radius 1 is 1.16 bits per heavy atom. The second kappa shape index (κ2) is 16.7. The smallest absolute Gasteiger partial charge is 0.416 e. The van der Waals surface area contributed by atoms with Crippen LogP contribution in [0.15, 0.2) is 36.7 Å². The third-order valence-corrected chi connectivity index (χ3v) is 8.24. The molecule has 8 N–H and O–H groups in total.